The fraction of sp³-hybridized carbons (Fsp3) is 0.0435. The first-order valence-corrected chi connectivity index (χ1v) is 17.0. The number of para-hydroxylation sites is 2. The van der Waals surface area contributed by atoms with Crippen LogP contribution in [0, 0.1) is 0 Å². The maximum absolute atomic E-state index is 2.57. The molecule has 0 saturated carbocycles. The molecule has 0 N–H and O–H groups in total. The molecule has 3 aromatic heterocycles. The van der Waals surface area contributed by atoms with Crippen LogP contribution in [0.15, 0.2) is 140 Å². The topological polar surface area (TPSA) is 9.34 Å². The molecule has 48 heavy (non-hydrogen) atoms. The molecule has 11 aromatic rings. The van der Waals surface area contributed by atoms with E-state index in [1.807, 2.05) is 0 Å². The zero-order valence-corrected chi connectivity index (χ0v) is 26.2. The SMILES string of the molecule is C1=Cc2c(n(-c3ccc4c5ccccc5c5ccccc5c4c3)c3ccc4ccc5c6cccc7c8ccccc8n(c76)c5c4c23)CC1. The van der Waals surface area contributed by atoms with Crippen molar-refractivity contribution in [3.05, 3.63) is 151 Å². The van der Waals surface area contributed by atoms with Gasteiger partial charge in [-0.05, 0) is 74.8 Å². The Morgan fingerprint density at radius 2 is 1.04 bits per heavy atom. The van der Waals surface area contributed by atoms with Gasteiger partial charge in [0.05, 0.1) is 22.1 Å². The number of rotatable bonds is 1. The summed E-state index contributed by atoms with van der Waals surface area (Å²) < 4.78 is 5.13. The number of aromatic nitrogens is 2. The lowest BCUT2D eigenvalue weighted by atomic mass is 9.94. The lowest BCUT2D eigenvalue weighted by Crippen LogP contribution is -2.03. The van der Waals surface area contributed by atoms with E-state index >= 15 is 0 Å². The van der Waals surface area contributed by atoms with E-state index in [2.05, 4.69) is 155 Å². The molecule has 3 heterocycles. The van der Waals surface area contributed by atoms with Crippen LogP contribution in [0.4, 0.5) is 0 Å². The van der Waals surface area contributed by atoms with Crippen molar-refractivity contribution in [3.8, 4) is 5.69 Å². The second-order valence-electron chi connectivity index (χ2n) is 13.5. The van der Waals surface area contributed by atoms with Crippen LogP contribution in [0.25, 0.3) is 104 Å². The van der Waals surface area contributed by atoms with Crippen LogP contribution in [0.5, 0.6) is 0 Å². The van der Waals surface area contributed by atoms with Crippen LogP contribution in [0.1, 0.15) is 17.7 Å². The third kappa shape index (κ3) is 2.95. The lowest BCUT2D eigenvalue weighted by molar-refractivity contribution is 0.889. The highest BCUT2D eigenvalue weighted by Gasteiger charge is 2.25. The van der Waals surface area contributed by atoms with Gasteiger partial charge in [-0.1, -0.05) is 121 Å². The smallest absolute Gasteiger partial charge is 0.0627 e. The van der Waals surface area contributed by atoms with Crippen molar-refractivity contribution in [2.24, 2.45) is 0 Å². The average Bonchev–Trinajstić information content (AvgIpc) is 3.80. The minimum Gasteiger partial charge on any atom is -0.313 e. The minimum absolute atomic E-state index is 1.02. The molecule has 0 radical (unpaired) electrons. The largest absolute Gasteiger partial charge is 0.313 e. The average molecular weight is 609 g/mol. The van der Waals surface area contributed by atoms with Crippen molar-refractivity contribution < 1.29 is 0 Å². The Bertz CT molecular complexity index is 3190. The molecule has 1 aliphatic carbocycles. The number of fused-ring (bicyclic) bond motifs is 18. The summed E-state index contributed by atoms with van der Waals surface area (Å²) in [5.41, 5.74) is 9.20. The molecule has 8 aromatic carbocycles. The van der Waals surface area contributed by atoms with Gasteiger partial charge in [-0.3, -0.25) is 0 Å². The third-order valence-electron chi connectivity index (χ3n) is 11.3. The van der Waals surface area contributed by atoms with Crippen molar-refractivity contribution >= 4 is 98.2 Å². The summed E-state index contributed by atoms with van der Waals surface area (Å²) in [6.45, 7) is 0. The zero-order chi connectivity index (χ0) is 31.1. The van der Waals surface area contributed by atoms with Gasteiger partial charge in [0.25, 0.3) is 0 Å². The Kier molecular flexibility index (Phi) is 4.60. The highest BCUT2D eigenvalue weighted by atomic mass is 15.0. The molecule has 12 rings (SSSR count). The predicted octanol–water partition coefficient (Wildman–Crippen LogP) is 12.4. The first-order valence-electron chi connectivity index (χ1n) is 17.0. The minimum atomic E-state index is 1.02. The molecule has 0 atom stereocenters. The standard InChI is InChI=1S/C46H28N2/c1-2-12-31-29(10-1)30-11-3-4-13-32(30)39-26-28(22-24-33(31)39)47-41-19-8-6-15-38(41)44-42(47)25-21-27-20-23-37-36-17-9-16-35-34-14-5-7-18-40(34)48(45(35)36)46(37)43(27)44/h1-7,9-18,20-26H,8,19H2. The second kappa shape index (κ2) is 8.82. The maximum atomic E-state index is 2.57. The van der Waals surface area contributed by atoms with E-state index in [9.17, 15) is 0 Å². The van der Waals surface area contributed by atoms with E-state index in [1.165, 1.54) is 109 Å². The molecule has 0 amide bonds. The van der Waals surface area contributed by atoms with Crippen molar-refractivity contribution in [2.75, 3.05) is 0 Å². The van der Waals surface area contributed by atoms with Crippen molar-refractivity contribution in [1.82, 2.24) is 8.97 Å². The Labute approximate surface area is 275 Å². The summed E-state index contributed by atoms with van der Waals surface area (Å²) in [6, 6.07) is 50.0. The van der Waals surface area contributed by atoms with E-state index in [0.717, 1.165) is 12.8 Å². The molecule has 0 aliphatic heterocycles. The Morgan fingerprint density at radius 1 is 0.438 bits per heavy atom. The third-order valence-corrected chi connectivity index (χ3v) is 11.3. The van der Waals surface area contributed by atoms with Crippen molar-refractivity contribution in [2.45, 2.75) is 12.8 Å². The molecule has 2 heteroatoms. The molecule has 0 saturated heterocycles. The molecule has 0 bridgehead atoms. The second-order valence-corrected chi connectivity index (χ2v) is 13.5. The van der Waals surface area contributed by atoms with E-state index in [4.69, 9.17) is 0 Å². The van der Waals surface area contributed by atoms with Crippen LogP contribution in [-0.2, 0) is 6.42 Å². The number of hydrogen-bond acceptors (Lipinski definition) is 0. The molecule has 0 unspecified atom stereocenters. The van der Waals surface area contributed by atoms with Gasteiger partial charge in [-0.15, -0.1) is 0 Å². The van der Waals surface area contributed by atoms with Gasteiger partial charge >= 0.3 is 0 Å². The highest BCUT2D eigenvalue weighted by molar-refractivity contribution is 6.31. The molecule has 1 aliphatic rings. The molecular weight excluding hydrogens is 581 g/mol. The van der Waals surface area contributed by atoms with E-state index in [0.29, 0.717) is 0 Å². The Morgan fingerprint density at radius 3 is 1.83 bits per heavy atom. The van der Waals surface area contributed by atoms with Crippen LogP contribution in [0.3, 0.4) is 0 Å². The molecule has 0 fully saturated rings. The van der Waals surface area contributed by atoms with Crippen LogP contribution >= 0.6 is 0 Å². The molecule has 222 valence electrons. The zero-order valence-electron chi connectivity index (χ0n) is 26.2. The summed E-state index contributed by atoms with van der Waals surface area (Å²) >= 11 is 0. The monoisotopic (exact) mass is 608 g/mol. The van der Waals surface area contributed by atoms with Gasteiger partial charge in [-0.2, -0.15) is 0 Å². The lowest BCUT2D eigenvalue weighted by Gasteiger charge is -2.16. The maximum Gasteiger partial charge on any atom is 0.0627 e. The summed E-state index contributed by atoms with van der Waals surface area (Å²) in [7, 11) is 0. The fourth-order valence-electron chi connectivity index (χ4n) is 9.35. The quantitative estimate of drug-likeness (QED) is 0.164. The van der Waals surface area contributed by atoms with Gasteiger partial charge in [0.1, 0.15) is 0 Å². The van der Waals surface area contributed by atoms with Gasteiger partial charge in [0.2, 0.25) is 0 Å². The highest BCUT2D eigenvalue weighted by Crippen LogP contribution is 2.46. The predicted molar refractivity (Wildman–Crippen MR) is 205 cm³/mol. The van der Waals surface area contributed by atoms with E-state index < -0.39 is 0 Å². The van der Waals surface area contributed by atoms with E-state index in [1.54, 1.807) is 0 Å². The van der Waals surface area contributed by atoms with Crippen LogP contribution in [0.2, 0.25) is 0 Å². The van der Waals surface area contributed by atoms with Gasteiger partial charge in [0.15, 0.2) is 0 Å². The first kappa shape index (κ1) is 25.0. The first-order chi connectivity index (χ1) is 23.8. The number of allylic oxidation sites excluding steroid dienone is 1. The molecular formula is C46H28N2. The van der Waals surface area contributed by atoms with Crippen LogP contribution in [-0.4, -0.2) is 8.97 Å². The van der Waals surface area contributed by atoms with Gasteiger partial charge in [-0.25, -0.2) is 0 Å². The normalized spacial score (nSPS) is 13.6. The number of hydrogen-bond donors (Lipinski definition) is 0. The fourth-order valence-corrected chi connectivity index (χ4v) is 9.35. The van der Waals surface area contributed by atoms with Gasteiger partial charge < -0.3 is 8.97 Å². The van der Waals surface area contributed by atoms with Crippen molar-refractivity contribution in [3.63, 3.8) is 0 Å². The summed E-state index contributed by atoms with van der Waals surface area (Å²) in [6.07, 6.45) is 6.83. The molecule has 2 nitrogen and oxygen atoms in total. The Hall–Kier alpha value is -6.12. The number of benzene rings is 8. The van der Waals surface area contributed by atoms with Gasteiger partial charge in [0, 0.05) is 49.3 Å². The summed E-state index contributed by atoms with van der Waals surface area (Å²) in [5.74, 6) is 0. The van der Waals surface area contributed by atoms with E-state index in [-0.39, 0.29) is 0 Å². The summed E-state index contributed by atoms with van der Waals surface area (Å²) in [5, 5.41) is 17.2. The number of nitrogens with zero attached hydrogens (tertiary/aromatic N) is 2. The Balaban J connectivity index is 1.26. The molecule has 0 spiro atoms. The van der Waals surface area contributed by atoms with Crippen molar-refractivity contribution in [1.29, 1.82) is 0 Å². The summed E-state index contributed by atoms with van der Waals surface area (Å²) in [4.78, 5) is 0. The van der Waals surface area contributed by atoms with Crippen LogP contribution < -0.4 is 0 Å².